The predicted octanol–water partition coefficient (Wildman–Crippen LogP) is 4.31. The van der Waals surface area contributed by atoms with Gasteiger partial charge in [0.05, 0.1) is 19.2 Å². The van der Waals surface area contributed by atoms with Crippen LogP contribution in [0.2, 0.25) is 0 Å². The molecule has 6 heteroatoms. The smallest absolute Gasteiger partial charge is 0.278 e. The molecular weight excluding hydrogens is 428 g/mol. The van der Waals surface area contributed by atoms with Crippen molar-refractivity contribution in [2.24, 2.45) is 0 Å². The molecule has 3 aromatic carbocycles. The van der Waals surface area contributed by atoms with Crippen LogP contribution in [0.3, 0.4) is 0 Å². The number of methoxy groups -OCH3 is 1. The van der Waals surface area contributed by atoms with Crippen molar-refractivity contribution in [2.45, 2.75) is 12.8 Å². The van der Waals surface area contributed by atoms with Crippen LogP contribution >= 0.6 is 0 Å². The zero-order valence-electron chi connectivity index (χ0n) is 19.1. The third-order valence-corrected chi connectivity index (χ3v) is 6.23. The number of ether oxygens (including phenoxy) is 2. The van der Waals surface area contributed by atoms with Gasteiger partial charge in [0.2, 0.25) is 0 Å². The normalized spacial score (nSPS) is 15.6. The Morgan fingerprint density at radius 1 is 0.824 bits per heavy atom. The summed E-state index contributed by atoms with van der Waals surface area (Å²) in [6.07, 6.45) is 1.88. The highest BCUT2D eigenvalue weighted by Crippen LogP contribution is 2.37. The third kappa shape index (κ3) is 4.03. The van der Waals surface area contributed by atoms with E-state index in [9.17, 15) is 9.59 Å². The van der Waals surface area contributed by atoms with Crippen LogP contribution in [0.25, 0.3) is 5.57 Å². The second-order valence-corrected chi connectivity index (χ2v) is 8.26. The number of anilines is 1. The Kier molecular flexibility index (Phi) is 6.04. The monoisotopic (exact) mass is 454 g/mol. The SMILES string of the molecule is COc1ccc(OCCN2C(=O)C(c3ccccc3)=C(N3CCCc4ccccc43)C2=O)cc1. The summed E-state index contributed by atoms with van der Waals surface area (Å²) in [7, 11) is 1.61. The molecule has 2 aliphatic rings. The molecule has 0 N–H and O–H groups in total. The number of carbonyl (C=O) groups is 2. The summed E-state index contributed by atoms with van der Waals surface area (Å²) in [6, 6.07) is 24.8. The first-order valence-electron chi connectivity index (χ1n) is 11.5. The van der Waals surface area contributed by atoms with Crippen LogP contribution in [0.5, 0.6) is 11.5 Å². The van der Waals surface area contributed by atoms with E-state index in [0.29, 0.717) is 23.6 Å². The van der Waals surface area contributed by atoms with Gasteiger partial charge in [-0.1, -0.05) is 48.5 Å². The van der Waals surface area contributed by atoms with Crippen LogP contribution in [-0.4, -0.2) is 43.5 Å². The highest BCUT2D eigenvalue weighted by atomic mass is 16.5. The quantitative estimate of drug-likeness (QED) is 0.498. The van der Waals surface area contributed by atoms with Crippen LogP contribution in [0.4, 0.5) is 5.69 Å². The minimum absolute atomic E-state index is 0.166. The maximum atomic E-state index is 13.7. The summed E-state index contributed by atoms with van der Waals surface area (Å²) in [5.74, 6) is 0.827. The van der Waals surface area contributed by atoms with E-state index < -0.39 is 0 Å². The minimum atomic E-state index is -0.285. The zero-order chi connectivity index (χ0) is 23.5. The Morgan fingerprint density at radius 2 is 1.53 bits per heavy atom. The molecule has 172 valence electrons. The van der Waals surface area contributed by atoms with E-state index in [-0.39, 0.29) is 25.0 Å². The molecule has 5 rings (SSSR count). The second-order valence-electron chi connectivity index (χ2n) is 8.26. The molecule has 3 aromatic rings. The van der Waals surface area contributed by atoms with Gasteiger partial charge in [-0.3, -0.25) is 14.5 Å². The molecule has 0 aliphatic carbocycles. The van der Waals surface area contributed by atoms with Crippen LogP contribution in [0, 0.1) is 0 Å². The summed E-state index contributed by atoms with van der Waals surface area (Å²) in [6.45, 7) is 1.06. The Bertz CT molecular complexity index is 1230. The topological polar surface area (TPSA) is 59.1 Å². The van der Waals surface area contributed by atoms with E-state index >= 15 is 0 Å². The molecular formula is C28H26N2O4. The second kappa shape index (κ2) is 9.43. The Morgan fingerprint density at radius 3 is 2.29 bits per heavy atom. The third-order valence-electron chi connectivity index (χ3n) is 6.23. The molecule has 0 radical (unpaired) electrons. The lowest BCUT2D eigenvalue weighted by molar-refractivity contribution is -0.137. The summed E-state index contributed by atoms with van der Waals surface area (Å²) in [5.41, 5.74) is 3.84. The fourth-order valence-corrected chi connectivity index (χ4v) is 4.57. The average molecular weight is 455 g/mol. The number of hydrogen-bond acceptors (Lipinski definition) is 5. The molecule has 0 bridgehead atoms. The maximum absolute atomic E-state index is 13.7. The molecule has 6 nitrogen and oxygen atoms in total. The maximum Gasteiger partial charge on any atom is 0.278 e. The average Bonchev–Trinajstić information content (AvgIpc) is 3.14. The fraction of sp³-hybridized carbons (Fsp3) is 0.214. The number of fused-ring (bicyclic) bond motifs is 1. The summed E-state index contributed by atoms with van der Waals surface area (Å²) >= 11 is 0. The summed E-state index contributed by atoms with van der Waals surface area (Å²) in [5, 5.41) is 0. The Balaban J connectivity index is 1.43. The zero-order valence-corrected chi connectivity index (χ0v) is 19.1. The van der Waals surface area contributed by atoms with E-state index in [1.54, 1.807) is 19.2 Å². The number of nitrogens with zero attached hydrogens (tertiary/aromatic N) is 2. The molecule has 2 heterocycles. The van der Waals surface area contributed by atoms with Crippen molar-refractivity contribution in [1.29, 1.82) is 0 Å². The largest absolute Gasteiger partial charge is 0.497 e. The van der Waals surface area contributed by atoms with Gasteiger partial charge in [0, 0.05) is 12.2 Å². The number of rotatable bonds is 7. The molecule has 0 fully saturated rings. The number of hydrogen-bond donors (Lipinski definition) is 0. The van der Waals surface area contributed by atoms with E-state index in [4.69, 9.17) is 9.47 Å². The minimum Gasteiger partial charge on any atom is -0.497 e. The van der Waals surface area contributed by atoms with Gasteiger partial charge in [-0.2, -0.15) is 0 Å². The van der Waals surface area contributed by atoms with Gasteiger partial charge in [0.15, 0.2) is 0 Å². The number of imide groups is 1. The molecule has 0 spiro atoms. The van der Waals surface area contributed by atoms with Gasteiger partial charge in [0.25, 0.3) is 11.8 Å². The molecule has 0 saturated heterocycles. The van der Waals surface area contributed by atoms with E-state index in [0.717, 1.165) is 29.8 Å². The van der Waals surface area contributed by atoms with Gasteiger partial charge in [-0.05, 0) is 54.3 Å². The van der Waals surface area contributed by atoms with Crippen LogP contribution in [-0.2, 0) is 16.0 Å². The van der Waals surface area contributed by atoms with Gasteiger partial charge in [0.1, 0.15) is 23.8 Å². The van der Waals surface area contributed by atoms with Crippen molar-refractivity contribution in [2.75, 3.05) is 31.7 Å². The molecule has 0 saturated carbocycles. The van der Waals surface area contributed by atoms with Gasteiger partial charge in [-0.25, -0.2) is 0 Å². The van der Waals surface area contributed by atoms with Crippen molar-refractivity contribution in [1.82, 2.24) is 4.90 Å². The first kappa shape index (κ1) is 21.8. The molecule has 0 atom stereocenters. The van der Waals surface area contributed by atoms with Crippen LogP contribution in [0.1, 0.15) is 17.5 Å². The summed E-state index contributed by atoms with van der Waals surface area (Å²) < 4.78 is 11.0. The lowest BCUT2D eigenvalue weighted by Gasteiger charge is -2.32. The highest BCUT2D eigenvalue weighted by Gasteiger charge is 2.42. The van der Waals surface area contributed by atoms with Gasteiger partial charge in [-0.15, -0.1) is 0 Å². The lowest BCUT2D eigenvalue weighted by Crippen LogP contribution is -2.39. The van der Waals surface area contributed by atoms with E-state index in [2.05, 4.69) is 6.07 Å². The van der Waals surface area contributed by atoms with Crippen molar-refractivity contribution < 1.29 is 19.1 Å². The molecule has 34 heavy (non-hydrogen) atoms. The lowest BCUT2D eigenvalue weighted by atomic mass is 9.98. The van der Waals surface area contributed by atoms with Crippen LogP contribution in [0.15, 0.2) is 84.6 Å². The molecule has 2 aliphatic heterocycles. The summed E-state index contributed by atoms with van der Waals surface area (Å²) in [4.78, 5) is 30.5. The van der Waals surface area contributed by atoms with E-state index in [1.165, 1.54) is 10.5 Å². The number of amides is 2. The van der Waals surface area contributed by atoms with Crippen molar-refractivity contribution in [3.63, 3.8) is 0 Å². The number of para-hydroxylation sites is 1. The number of benzene rings is 3. The predicted molar refractivity (Wildman–Crippen MR) is 131 cm³/mol. The Hall–Kier alpha value is -4.06. The first-order valence-corrected chi connectivity index (χ1v) is 11.5. The number of aryl methyl sites for hydroxylation is 1. The number of carbonyl (C=O) groups excluding carboxylic acids is 2. The van der Waals surface area contributed by atoms with Gasteiger partial charge < -0.3 is 14.4 Å². The van der Waals surface area contributed by atoms with Crippen LogP contribution < -0.4 is 14.4 Å². The van der Waals surface area contributed by atoms with E-state index in [1.807, 2.05) is 65.6 Å². The van der Waals surface area contributed by atoms with Crippen molar-refractivity contribution in [3.05, 3.63) is 95.7 Å². The Labute approximate surface area is 199 Å². The highest BCUT2D eigenvalue weighted by molar-refractivity contribution is 6.36. The molecule has 0 aromatic heterocycles. The first-order chi connectivity index (χ1) is 16.7. The van der Waals surface area contributed by atoms with Crippen molar-refractivity contribution in [3.8, 4) is 11.5 Å². The van der Waals surface area contributed by atoms with Gasteiger partial charge >= 0.3 is 0 Å². The standard InChI is InChI=1S/C28H26N2O4/c1-33-22-13-15-23(16-14-22)34-19-18-30-27(31)25(21-9-3-2-4-10-21)26(28(30)32)29-17-7-11-20-8-5-6-12-24(20)29/h2-6,8-10,12-16H,7,11,17-19H2,1H3. The van der Waals surface area contributed by atoms with Crippen molar-refractivity contribution >= 4 is 23.1 Å². The fourth-order valence-electron chi connectivity index (χ4n) is 4.57. The molecule has 0 unspecified atom stereocenters. The molecule has 2 amide bonds.